The average molecular weight is 635 g/mol. The molecule has 3 amide bonds. The number of nitrogens with zero attached hydrogens (tertiary/aromatic N) is 2. The van der Waals surface area contributed by atoms with Gasteiger partial charge in [0.25, 0.3) is 0 Å². The number of amides is 3. The summed E-state index contributed by atoms with van der Waals surface area (Å²) in [5, 5.41) is 8.87. The highest BCUT2D eigenvalue weighted by Gasteiger charge is 2.27. The molecule has 0 saturated heterocycles. The Morgan fingerprint density at radius 2 is 1.39 bits per heavy atom. The third-order valence-corrected chi connectivity index (χ3v) is 7.05. The first-order chi connectivity index (χ1) is 22.0. The zero-order chi connectivity index (χ0) is 33.5. The van der Waals surface area contributed by atoms with Crippen molar-refractivity contribution in [3.63, 3.8) is 0 Å². The molecular weight excluding hydrogens is 588 g/mol. The quantitative estimate of drug-likeness (QED) is 0.173. The molecule has 2 aromatic carbocycles. The minimum absolute atomic E-state index is 0.0210. The molecule has 0 aliphatic rings. The van der Waals surface area contributed by atoms with Crippen molar-refractivity contribution in [3.05, 3.63) is 90.0 Å². The number of imidazole rings is 1. The van der Waals surface area contributed by atoms with Crippen LogP contribution in [0.3, 0.4) is 0 Å². The monoisotopic (exact) mass is 634 g/mol. The van der Waals surface area contributed by atoms with Gasteiger partial charge in [-0.2, -0.15) is 0 Å². The van der Waals surface area contributed by atoms with E-state index in [1.54, 1.807) is 0 Å². The first-order valence-corrected chi connectivity index (χ1v) is 15.5. The number of benzene rings is 2. The van der Waals surface area contributed by atoms with Crippen LogP contribution in [0.25, 0.3) is 0 Å². The van der Waals surface area contributed by atoms with Crippen LogP contribution in [-0.2, 0) is 38.7 Å². The first kappa shape index (κ1) is 35.8. The number of aromatic nitrogens is 2. The lowest BCUT2D eigenvalue weighted by molar-refractivity contribution is -0.123. The Hall–Kier alpha value is -4.71. The van der Waals surface area contributed by atoms with Crippen molar-refractivity contribution in [3.8, 4) is 0 Å². The molecule has 0 saturated carbocycles. The fraction of sp³-hybridized carbons (Fsp3) is 0.441. The van der Waals surface area contributed by atoms with Gasteiger partial charge in [0.05, 0.1) is 11.7 Å². The summed E-state index contributed by atoms with van der Waals surface area (Å²) < 4.78 is 11.9. The Morgan fingerprint density at radius 1 is 0.804 bits per heavy atom. The van der Waals surface area contributed by atoms with Gasteiger partial charge in [-0.1, -0.05) is 88.4 Å². The molecule has 3 atom stereocenters. The fourth-order valence-electron chi connectivity index (χ4n) is 4.81. The summed E-state index contributed by atoms with van der Waals surface area (Å²) in [5.41, 5.74) is 7.62. The summed E-state index contributed by atoms with van der Waals surface area (Å²) in [6.45, 7) is 8.47. The van der Waals surface area contributed by atoms with Gasteiger partial charge in [0.1, 0.15) is 25.6 Å². The molecule has 46 heavy (non-hydrogen) atoms. The Bertz CT molecular complexity index is 1400. The molecule has 0 aliphatic heterocycles. The number of alkyl carbamates (subject to hydrolysis) is 1. The van der Waals surface area contributed by atoms with Gasteiger partial charge in [-0.3, -0.25) is 9.59 Å². The van der Waals surface area contributed by atoms with Gasteiger partial charge in [0.15, 0.2) is 0 Å². The van der Waals surface area contributed by atoms with E-state index in [1.807, 2.05) is 88.4 Å². The van der Waals surface area contributed by atoms with Crippen LogP contribution in [0.15, 0.2) is 73.2 Å². The van der Waals surface area contributed by atoms with Crippen molar-refractivity contribution in [1.82, 2.24) is 25.5 Å². The molecule has 12 nitrogen and oxygen atoms in total. The van der Waals surface area contributed by atoms with Crippen molar-refractivity contribution in [2.24, 2.45) is 17.6 Å². The van der Waals surface area contributed by atoms with Gasteiger partial charge in [-0.05, 0) is 35.8 Å². The summed E-state index contributed by atoms with van der Waals surface area (Å²) >= 11 is 0. The molecule has 1 aromatic heterocycles. The third-order valence-electron chi connectivity index (χ3n) is 7.05. The summed E-state index contributed by atoms with van der Waals surface area (Å²) in [6.07, 6.45) is 2.49. The maximum Gasteiger partial charge on any atom is 0.419 e. The Morgan fingerprint density at radius 3 is 1.96 bits per heavy atom. The molecule has 0 spiro atoms. The SMILES string of the molecule is CC(C)C[C@@H](CN[C@@H](CC(C)C)C(N)=O)NC(=O)[C@H](Cc1cn(C(=O)OCc2ccccc2)cn1)NC(=O)OCc1ccccc1. The molecule has 3 aromatic rings. The summed E-state index contributed by atoms with van der Waals surface area (Å²) in [4.78, 5) is 55.4. The lowest BCUT2D eigenvalue weighted by Crippen LogP contribution is -2.54. The number of hydrogen-bond acceptors (Lipinski definition) is 8. The van der Waals surface area contributed by atoms with Crippen LogP contribution in [0.5, 0.6) is 0 Å². The molecule has 0 aliphatic carbocycles. The first-order valence-electron chi connectivity index (χ1n) is 15.5. The van der Waals surface area contributed by atoms with Crippen LogP contribution in [0.4, 0.5) is 9.59 Å². The van der Waals surface area contributed by atoms with E-state index in [4.69, 9.17) is 15.2 Å². The van der Waals surface area contributed by atoms with E-state index in [0.29, 0.717) is 25.1 Å². The Kier molecular flexibility index (Phi) is 14.2. The van der Waals surface area contributed by atoms with Crippen molar-refractivity contribution < 1.29 is 28.7 Å². The highest BCUT2D eigenvalue weighted by Crippen LogP contribution is 2.10. The lowest BCUT2D eigenvalue weighted by Gasteiger charge is -2.26. The lowest BCUT2D eigenvalue weighted by atomic mass is 10.0. The summed E-state index contributed by atoms with van der Waals surface area (Å²) in [6, 6.07) is 16.5. The molecule has 12 heteroatoms. The minimum atomic E-state index is -1.08. The molecule has 0 bridgehead atoms. The van der Waals surface area contributed by atoms with Gasteiger partial charge in [0, 0.05) is 25.2 Å². The average Bonchev–Trinajstić information content (AvgIpc) is 3.49. The van der Waals surface area contributed by atoms with E-state index in [-0.39, 0.29) is 37.5 Å². The van der Waals surface area contributed by atoms with E-state index >= 15 is 0 Å². The number of ether oxygens (including phenoxy) is 2. The standard InChI is InChI=1S/C34H46N6O6/c1-23(2)15-27(18-36-29(31(35)41)16-24(3)4)38-32(42)30(39-33(43)45-20-25-11-7-5-8-12-25)17-28-19-40(22-37-28)34(44)46-21-26-13-9-6-10-14-26/h5-14,19,22-24,27,29-30,36H,15-18,20-21H2,1-4H3,(H2,35,41)(H,38,42)(H,39,43)/t27-,29-,30-/m0/s1. The van der Waals surface area contributed by atoms with Crippen LogP contribution in [0.1, 0.15) is 57.4 Å². The van der Waals surface area contributed by atoms with Crippen molar-refractivity contribution in [1.29, 1.82) is 0 Å². The smallest absolute Gasteiger partial charge is 0.419 e. The van der Waals surface area contributed by atoms with Gasteiger partial charge in [-0.25, -0.2) is 19.1 Å². The number of carbonyl (C=O) groups excluding carboxylic acids is 4. The van der Waals surface area contributed by atoms with Gasteiger partial charge >= 0.3 is 12.2 Å². The molecule has 0 fully saturated rings. The number of carbonyl (C=O) groups is 4. The van der Waals surface area contributed by atoms with Crippen LogP contribution in [0, 0.1) is 11.8 Å². The third kappa shape index (κ3) is 12.7. The minimum Gasteiger partial charge on any atom is -0.445 e. The second kappa shape index (κ2) is 18.3. The maximum absolute atomic E-state index is 13.7. The van der Waals surface area contributed by atoms with Crippen molar-refractivity contribution in [2.45, 2.75) is 78.3 Å². The van der Waals surface area contributed by atoms with E-state index in [0.717, 1.165) is 11.1 Å². The zero-order valence-corrected chi connectivity index (χ0v) is 27.0. The number of nitrogens with one attached hydrogen (secondary N) is 3. The van der Waals surface area contributed by atoms with Gasteiger partial charge in [-0.15, -0.1) is 0 Å². The predicted molar refractivity (Wildman–Crippen MR) is 173 cm³/mol. The molecule has 248 valence electrons. The van der Waals surface area contributed by atoms with Crippen molar-refractivity contribution >= 4 is 24.0 Å². The predicted octanol–water partition coefficient (Wildman–Crippen LogP) is 3.93. The fourth-order valence-corrected chi connectivity index (χ4v) is 4.81. The van der Waals surface area contributed by atoms with Crippen molar-refractivity contribution in [2.75, 3.05) is 6.54 Å². The van der Waals surface area contributed by atoms with E-state index in [1.165, 1.54) is 17.1 Å². The van der Waals surface area contributed by atoms with Gasteiger partial charge < -0.3 is 31.2 Å². The van der Waals surface area contributed by atoms with E-state index in [2.05, 4.69) is 20.9 Å². The van der Waals surface area contributed by atoms with Crippen LogP contribution in [0.2, 0.25) is 0 Å². The molecular formula is C34H46N6O6. The highest BCUT2D eigenvalue weighted by molar-refractivity contribution is 5.86. The topological polar surface area (TPSA) is 167 Å². The second-order valence-corrected chi connectivity index (χ2v) is 12.1. The maximum atomic E-state index is 13.7. The Balaban J connectivity index is 1.71. The van der Waals surface area contributed by atoms with Crippen LogP contribution in [-0.4, -0.2) is 58.2 Å². The normalized spacial score (nSPS) is 13.1. The number of primary amides is 1. The molecule has 5 N–H and O–H groups in total. The Labute approximate surface area is 270 Å². The molecule has 0 unspecified atom stereocenters. The largest absolute Gasteiger partial charge is 0.445 e. The van der Waals surface area contributed by atoms with Gasteiger partial charge in [0.2, 0.25) is 11.8 Å². The number of rotatable bonds is 17. The van der Waals surface area contributed by atoms with Crippen LogP contribution < -0.4 is 21.7 Å². The molecule has 0 radical (unpaired) electrons. The number of hydrogen-bond donors (Lipinski definition) is 4. The molecule has 1 heterocycles. The summed E-state index contributed by atoms with van der Waals surface area (Å²) in [7, 11) is 0. The molecule has 3 rings (SSSR count). The summed E-state index contributed by atoms with van der Waals surface area (Å²) in [5.74, 6) is -0.454. The zero-order valence-electron chi connectivity index (χ0n) is 27.0. The van der Waals surface area contributed by atoms with Crippen LogP contribution >= 0.6 is 0 Å². The number of nitrogens with two attached hydrogens (primary N) is 1. The van der Waals surface area contributed by atoms with E-state index in [9.17, 15) is 19.2 Å². The second-order valence-electron chi connectivity index (χ2n) is 12.1. The van der Waals surface area contributed by atoms with E-state index < -0.39 is 36.1 Å². The highest BCUT2D eigenvalue weighted by atomic mass is 16.6.